The predicted molar refractivity (Wildman–Crippen MR) is 37.2 cm³/mol. The zero-order valence-electron chi connectivity index (χ0n) is 4.06. The lowest BCUT2D eigenvalue weighted by Crippen LogP contribution is -1.86. The minimum absolute atomic E-state index is 0.142. The van der Waals surface area contributed by atoms with Gasteiger partial charge >= 0.3 is 0 Å². The van der Waals surface area contributed by atoms with Gasteiger partial charge in [0.15, 0.2) is 0 Å². The van der Waals surface area contributed by atoms with Crippen molar-refractivity contribution in [3.05, 3.63) is 15.3 Å². The molecule has 0 radical (unpaired) electrons. The molecule has 1 rings (SSSR count). The van der Waals surface area contributed by atoms with Gasteiger partial charge in [-0.15, -0.1) is 0 Å². The Morgan fingerprint density at radius 2 is 1.67 bits per heavy atom. The van der Waals surface area contributed by atoms with Crippen molar-refractivity contribution in [1.82, 2.24) is 15.0 Å². The summed E-state index contributed by atoms with van der Waals surface area (Å²) in [5.74, 6) is 0. The maximum absolute atomic E-state index is 5.39. The van der Waals surface area contributed by atoms with Gasteiger partial charge in [-0.3, -0.25) is 0 Å². The van der Waals surface area contributed by atoms with E-state index in [2.05, 4.69) is 27.2 Å². The summed E-state index contributed by atoms with van der Waals surface area (Å²) < 4.78 is 0.142. The van der Waals surface area contributed by atoms with Crippen LogP contribution < -0.4 is 0 Å². The van der Waals surface area contributed by atoms with Crippen LogP contribution in [0.5, 0.6) is 0 Å². The van der Waals surface area contributed by atoms with Crippen LogP contribution in [-0.4, -0.2) is 15.0 Å². The molecule has 1 N–H and O–H groups in total. The van der Waals surface area contributed by atoms with Crippen molar-refractivity contribution in [1.29, 1.82) is 0 Å². The Labute approximate surface area is 66.1 Å². The number of nitrogens with one attached hydrogen (secondary N) is 1. The lowest BCUT2D eigenvalue weighted by atomic mass is 11.1. The van der Waals surface area contributed by atoms with E-state index in [1.807, 2.05) is 0 Å². The van der Waals surface area contributed by atoms with Gasteiger partial charge in [0.1, 0.15) is 0 Å². The van der Waals surface area contributed by atoms with Crippen LogP contribution in [0.2, 0.25) is 10.6 Å². The average molecular weight is 182 g/mol. The topological polar surface area (TPSA) is 41.6 Å². The van der Waals surface area contributed by atoms with Gasteiger partial charge in [0.25, 0.3) is 0 Å². The molecule has 0 aliphatic carbocycles. The Hall–Kier alpha value is -0.190. The maximum Gasteiger partial charge on any atom is 0.224 e. The number of hydrogen-bond donors (Lipinski definition) is 1. The van der Waals surface area contributed by atoms with E-state index in [0.29, 0.717) is 0 Å². The SMILES string of the molecule is S=c1nc(Cl)[nH]c(Cl)n1. The fraction of sp³-hybridized carbons (Fsp3) is 0. The van der Waals surface area contributed by atoms with Crippen LogP contribution in [-0.2, 0) is 0 Å². The standard InChI is InChI=1S/C3HCl2N3S/c4-1-6-2(5)8-3(9)7-1/h(H,6,7,8,9). The summed E-state index contributed by atoms with van der Waals surface area (Å²) in [4.78, 5) is 9.58. The number of aromatic amines is 1. The fourth-order valence-electron chi connectivity index (χ4n) is 0.334. The van der Waals surface area contributed by atoms with Gasteiger partial charge in [-0.25, -0.2) is 0 Å². The molecule has 1 aromatic rings. The van der Waals surface area contributed by atoms with Gasteiger partial charge in [-0.05, 0) is 35.4 Å². The Balaban J connectivity index is 3.33. The molecule has 0 atom stereocenters. The first-order valence-electron chi connectivity index (χ1n) is 1.98. The van der Waals surface area contributed by atoms with Crippen molar-refractivity contribution in [2.24, 2.45) is 0 Å². The molecular weight excluding hydrogens is 181 g/mol. The highest BCUT2D eigenvalue weighted by Crippen LogP contribution is 2.02. The second kappa shape index (κ2) is 2.60. The monoisotopic (exact) mass is 181 g/mol. The van der Waals surface area contributed by atoms with E-state index < -0.39 is 0 Å². The molecule has 0 saturated heterocycles. The molecule has 0 bridgehead atoms. The second-order valence-corrected chi connectivity index (χ2v) is 2.29. The van der Waals surface area contributed by atoms with Crippen LogP contribution in [0.15, 0.2) is 0 Å². The molecule has 48 valence electrons. The van der Waals surface area contributed by atoms with Gasteiger partial charge in [-0.1, -0.05) is 0 Å². The first-order chi connectivity index (χ1) is 4.18. The van der Waals surface area contributed by atoms with E-state index in [-0.39, 0.29) is 15.3 Å². The molecule has 0 aliphatic heterocycles. The highest BCUT2D eigenvalue weighted by molar-refractivity contribution is 7.71. The van der Waals surface area contributed by atoms with Gasteiger partial charge in [-0.2, -0.15) is 9.97 Å². The predicted octanol–water partition coefficient (Wildman–Crippen LogP) is 1.84. The summed E-state index contributed by atoms with van der Waals surface area (Å²) in [5.41, 5.74) is 0. The van der Waals surface area contributed by atoms with Gasteiger partial charge in [0.2, 0.25) is 15.3 Å². The molecular formula is C3HCl2N3S. The van der Waals surface area contributed by atoms with Crippen LogP contribution in [0.1, 0.15) is 0 Å². The van der Waals surface area contributed by atoms with E-state index in [9.17, 15) is 0 Å². The van der Waals surface area contributed by atoms with Crippen molar-refractivity contribution >= 4 is 35.4 Å². The van der Waals surface area contributed by atoms with Crippen LogP contribution >= 0.6 is 35.4 Å². The maximum atomic E-state index is 5.39. The van der Waals surface area contributed by atoms with E-state index >= 15 is 0 Å². The first kappa shape index (κ1) is 6.92. The third kappa shape index (κ3) is 1.89. The Kier molecular flexibility index (Phi) is 2.00. The van der Waals surface area contributed by atoms with Gasteiger partial charge < -0.3 is 4.98 Å². The molecule has 0 unspecified atom stereocenters. The van der Waals surface area contributed by atoms with Gasteiger partial charge in [0.05, 0.1) is 0 Å². The number of halogens is 2. The highest BCUT2D eigenvalue weighted by atomic mass is 35.5. The van der Waals surface area contributed by atoms with Crippen LogP contribution in [0.3, 0.4) is 0 Å². The lowest BCUT2D eigenvalue weighted by molar-refractivity contribution is 1.03. The Morgan fingerprint density at radius 3 is 2.00 bits per heavy atom. The average Bonchev–Trinajstić information content (AvgIpc) is 1.59. The minimum atomic E-state index is 0.142. The van der Waals surface area contributed by atoms with Crippen molar-refractivity contribution in [3.63, 3.8) is 0 Å². The normalized spacial score (nSPS) is 9.56. The van der Waals surface area contributed by atoms with E-state index in [0.717, 1.165) is 0 Å². The molecule has 0 fully saturated rings. The number of H-pyrrole nitrogens is 1. The quantitative estimate of drug-likeness (QED) is 0.622. The molecule has 0 aromatic carbocycles. The summed E-state index contributed by atoms with van der Waals surface area (Å²) >= 11 is 15.4. The minimum Gasteiger partial charge on any atom is -0.305 e. The zero-order valence-corrected chi connectivity index (χ0v) is 6.39. The van der Waals surface area contributed by atoms with Crippen LogP contribution in [0, 0.1) is 4.77 Å². The molecule has 1 aromatic heterocycles. The third-order valence-electron chi connectivity index (χ3n) is 0.594. The molecule has 3 nitrogen and oxygen atoms in total. The van der Waals surface area contributed by atoms with Gasteiger partial charge in [0, 0.05) is 0 Å². The highest BCUT2D eigenvalue weighted by Gasteiger charge is 1.91. The second-order valence-electron chi connectivity index (χ2n) is 1.21. The smallest absolute Gasteiger partial charge is 0.224 e. The molecule has 0 aliphatic rings. The summed E-state index contributed by atoms with van der Waals surface area (Å²) in [7, 11) is 0. The number of hydrogen-bond acceptors (Lipinski definition) is 3. The lowest BCUT2D eigenvalue weighted by Gasteiger charge is -1.88. The van der Waals surface area contributed by atoms with Crippen molar-refractivity contribution in [2.45, 2.75) is 0 Å². The summed E-state index contributed by atoms with van der Waals surface area (Å²) in [5, 5.41) is 0.306. The third-order valence-corrected chi connectivity index (χ3v) is 1.13. The molecule has 0 amide bonds. The number of nitrogens with zero attached hydrogens (tertiary/aromatic N) is 2. The number of rotatable bonds is 0. The largest absolute Gasteiger partial charge is 0.305 e. The summed E-state index contributed by atoms with van der Waals surface area (Å²) in [6.45, 7) is 0. The first-order valence-corrected chi connectivity index (χ1v) is 3.14. The zero-order chi connectivity index (χ0) is 6.85. The number of aromatic nitrogens is 3. The Morgan fingerprint density at radius 1 is 1.22 bits per heavy atom. The van der Waals surface area contributed by atoms with E-state index in [4.69, 9.17) is 23.2 Å². The Bertz CT molecular complexity index is 247. The van der Waals surface area contributed by atoms with Crippen molar-refractivity contribution < 1.29 is 0 Å². The summed E-state index contributed by atoms with van der Waals surface area (Å²) in [6, 6.07) is 0. The fourth-order valence-corrected chi connectivity index (χ4v) is 1.00. The molecule has 0 spiro atoms. The molecule has 9 heavy (non-hydrogen) atoms. The molecule has 0 saturated carbocycles. The van der Waals surface area contributed by atoms with Crippen molar-refractivity contribution in [2.75, 3.05) is 0 Å². The van der Waals surface area contributed by atoms with Crippen LogP contribution in [0.4, 0.5) is 0 Å². The summed E-state index contributed by atoms with van der Waals surface area (Å²) in [6.07, 6.45) is 0. The molecule has 1 heterocycles. The van der Waals surface area contributed by atoms with Crippen molar-refractivity contribution in [3.8, 4) is 0 Å². The molecule has 6 heteroatoms. The van der Waals surface area contributed by atoms with E-state index in [1.165, 1.54) is 0 Å². The van der Waals surface area contributed by atoms with E-state index in [1.54, 1.807) is 0 Å². The van der Waals surface area contributed by atoms with Crippen LogP contribution in [0.25, 0.3) is 0 Å².